The van der Waals surface area contributed by atoms with E-state index in [9.17, 15) is 14.4 Å². The Morgan fingerprint density at radius 3 is 2.73 bits per heavy atom. The fraction of sp³-hybridized carbons (Fsp3) is 0.471. The Labute approximate surface area is 165 Å². The predicted molar refractivity (Wildman–Crippen MR) is 101 cm³/mol. The highest BCUT2D eigenvalue weighted by atomic mass is 35.5. The van der Waals surface area contributed by atoms with E-state index in [4.69, 9.17) is 23.2 Å². The Morgan fingerprint density at radius 2 is 2.04 bits per heavy atom. The average molecular weight is 416 g/mol. The number of nitrogens with zero attached hydrogens (tertiary/aromatic N) is 1. The minimum Gasteiger partial charge on any atom is -0.322 e. The third-order valence-electron chi connectivity index (χ3n) is 4.78. The van der Waals surface area contributed by atoms with Crippen LogP contribution in [0.3, 0.4) is 0 Å². The molecule has 9 heteroatoms. The zero-order chi connectivity index (χ0) is 18.9. The number of hydrogen-bond acceptors (Lipinski definition) is 4. The van der Waals surface area contributed by atoms with E-state index in [0.29, 0.717) is 33.7 Å². The summed E-state index contributed by atoms with van der Waals surface area (Å²) in [5, 5.41) is 4.56. The molecule has 1 saturated carbocycles. The molecule has 6 nitrogen and oxygen atoms in total. The third-order valence-corrected chi connectivity index (χ3v) is 6.51. The van der Waals surface area contributed by atoms with Crippen LogP contribution >= 0.6 is 35.0 Å². The lowest BCUT2D eigenvalue weighted by Crippen LogP contribution is -2.51. The molecule has 0 unspecified atom stereocenters. The van der Waals surface area contributed by atoms with E-state index in [1.807, 2.05) is 0 Å². The highest BCUT2D eigenvalue weighted by Crippen LogP contribution is 2.36. The number of halogens is 2. The van der Waals surface area contributed by atoms with Crippen LogP contribution in [0.5, 0.6) is 0 Å². The predicted octanol–water partition coefficient (Wildman–Crippen LogP) is 3.62. The van der Waals surface area contributed by atoms with E-state index < -0.39 is 17.5 Å². The van der Waals surface area contributed by atoms with Crippen molar-refractivity contribution in [3.63, 3.8) is 0 Å². The van der Waals surface area contributed by atoms with Crippen LogP contribution in [0.1, 0.15) is 32.6 Å². The van der Waals surface area contributed by atoms with Crippen molar-refractivity contribution in [2.45, 2.75) is 43.0 Å². The van der Waals surface area contributed by atoms with Crippen molar-refractivity contribution < 1.29 is 14.4 Å². The smallest absolute Gasteiger partial charge is 0.322 e. The SMILES string of the molecule is CC1CCC2(CC1)NC(=O)N(NC(=O)CSc1cc(Cl)ccc1Cl)C2=O. The van der Waals surface area contributed by atoms with E-state index in [0.717, 1.165) is 17.9 Å². The van der Waals surface area contributed by atoms with Gasteiger partial charge in [-0.1, -0.05) is 30.1 Å². The van der Waals surface area contributed by atoms with Crippen LogP contribution in [-0.4, -0.2) is 34.1 Å². The van der Waals surface area contributed by atoms with Crippen LogP contribution < -0.4 is 10.7 Å². The van der Waals surface area contributed by atoms with Gasteiger partial charge in [-0.15, -0.1) is 11.8 Å². The van der Waals surface area contributed by atoms with E-state index in [1.165, 1.54) is 11.8 Å². The Hall–Kier alpha value is -1.44. The van der Waals surface area contributed by atoms with Crippen LogP contribution in [0.4, 0.5) is 4.79 Å². The number of amides is 4. The Morgan fingerprint density at radius 1 is 1.35 bits per heavy atom. The minimum atomic E-state index is -0.875. The van der Waals surface area contributed by atoms with Crippen LogP contribution in [-0.2, 0) is 9.59 Å². The zero-order valence-electron chi connectivity index (χ0n) is 14.2. The summed E-state index contributed by atoms with van der Waals surface area (Å²) in [5.41, 5.74) is 1.53. The van der Waals surface area contributed by atoms with Crippen LogP contribution in [0.25, 0.3) is 0 Å². The van der Waals surface area contributed by atoms with Gasteiger partial charge in [0, 0.05) is 9.92 Å². The van der Waals surface area contributed by atoms with Gasteiger partial charge < -0.3 is 5.32 Å². The lowest BCUT2D eigenvalue weighted by Gasteiger charge is -2.33. The van der Waals surface area contributed by atoms with Gasteiger partial charge in [0.05, 0.1) is 10.8 Å². The maximum absolute atomic E-state index is 12.7. The van der Waals surface area contributed by atoms with E-state index in [2.05, 4.69) is 17.7 Å². The van der Waals surface area contributed by atoms with Crippen molar-refractivity contribution in [1.82, 2.24) is 15.8 Å². The standard InChI is InChI=1S/C17H19Cl2N3O3S/c1-10-4-6-17(7-5-10)15(24)22(16(25)20-17)21-14(23)9-26-13-8-11(18)2-3-12(13)19/h2-3,8,10H,4-7,9H2,1H3,(H,20,25)(H,21,23). The van der Waals surface area contributed by atoms with Gasteiger partial charge in [-0.2, -0.15) is 5.01 Å². The van der Waals surface area contributed by atoms with Crippen LogP contribution in [0.15, 0.2) is 23.1 Å². The Kier molecular flexibility index (Phi) is 5.69. The van der Waals surface area contributed by atoms with E-state index in [1.54, 1.807) is 18.2 Å². The number of benzene rings is 1. The summed E-state index contributed by atoms with van der Waals surface area (Å²) in [6.45, 7) is 2.13. The molecule has 140 valence electrons. The normalized spacial score (nSPS) is 25.5. The first-order valence-electron chi connectivity index (χ1n) is 8.35. The van der Waals surface area contributed by atoms with Crippen LogP contribution in [0.2, 0.25) is 10.0 Å². The number of hydrazine groups is 1. The summed E-state index contributed by atoms with van der Waals surface area (Å²) in [6.07, 6.45) is 2.93. The summed E-state index contributed by atoms with van der Waals surface area (Å²) in [7, 11) is 0. The topological polar surface area (TPSA) is 78.5 Å². The first kappa shape index (κ1) is 19.3. The number of nitrogens with one attached hydrogen (secondary N) is 2. The van der Waals surface area contributed by atoms with Crippen molar-refractivity contribution in [3.8, 4) is 0 Å². The second-order valence-electron chi connectivity index (χ2n) is 6.73. The van der Waals surface area contributed by atoms with Gasteiger partial charge in [0.2, 0.25) is 5.91 Å². The van der Waals surface area contributed by atoms with E-state index in [-0.39, 0.29) is 11.7 Å². The van der Waals surface area contributed by atoms with Gasteiger partial charge >= 0.3 is 6.03 Å². The number of urea groups is 1. The second-order valence-corrected chi connectivity index (χ2v) is 8.59. The quantitative estimate of drug-likeness (QED) is 0.581. The summed E-state index contributed by atoms with van der Waals surface area (Å²) in [5.74, 6) is -0.307. The minimum absolute atomic E-state index is 0.00115. The maximum Gasteiger partial charge on any atom is 0.344 e. The lowest BCUT2D eigenvalue weighted by atomic mass is 9.77. The van der Waals surface area contributed by atoms with Gasteiger partial charge in [0.25, 0.3) is 5.91 Å². The van der Waals surface area contributed by atoms with E-state index >= 15 is 0 Å². The van der Waals surface area contributed by atoms with Gasteiger partial charge in [0.15, 0.2) is 0 Å². The average Bonchev–Trinajstić information content (AvgIpc) is 2.83. The van der Waals surface area contributed by atoms with Crippen molar-refractivity contribution in [3.05, 3.63) is 28.2 Å². The molecule has 26 heavy (non-hydrogen) atoms. The summed E-state index contributed by atoms with van der Waals surface area (Å²) >= 11 is 13.2. The molecule has 2 aliphatic rings. The number of imide groups is 1. The Balaban J connectivity index is 1.60. The number of carbonyl (C=O) groups is 3. The molecule has 2 N–H and O–H groups in total. The first-order valence-corrected chi connectivity index (χ1v) is 10.1. The van der Waals surface area contributed by atoms with Gasteiger partial charge in [0.1, 0.15) is 5.54 Å². The molecule has 0 radical (unpaired) electrons. The number of rotatable bonds is 4. The monoisotopic (exact) mass is 415 g/mol. The maximum atomic E-state index is 12.7. The molecule has 4 amide bonds. The van der Waals surface area contributed by atoms with Gasteiger partial charge in [-0.05, 0) is 49.8 Å². The first-order chi connectivity index (χ1) is 12.3. The molecule has 1 heterocycles. The van der Waals surface area contributed by atoms with Crippen molar-refractivity contribution in [1.29, 1.82) is 0 Å². The molecule has 0 atom stereocenters. The largest absolute Gasteiger partial charge is 0.344 e. The third kappa shape index (κ3) is 3.94. The molecular weight excluding hydrogens is 397 g/mol. The molecule has 1 aliphatic carbocycles. The van der Waals surface area contributed by atoms with Crippen molar-refractivity contribution in [2.24, 2.45) is 5.92 Å². The molecule has 2 fully saturated rings. The lowest BCUT2D eigenvalue weighted by molar-refractivity contribution is -0.139. The number of carbonyl (C=O) groups excluding carboxylic acids is 3. The Bertz CT molecular complexity index is 751. The van der Waals surface area contributed by atoms with Gasteiger partial charge in [-0.3, -0.25) is 15.0 Å². The van der Waals surface area contributed by atoms with Crippen LogP contribution in [0, 0.1) is 5.92 Å². The summed E-state index contributed by atoms with van der Waals surface area (Å²) in [6, 6.07) is 4.39. The molecule has 3 rings (SSSR count). The zero-order valence-corrected chi connectivity index (χ0v) is 16.5. The fourth-order valence-electron chi connectivity index (χ4n) is 3.20. The highest BCUT2D eigenvalue weighted by Gasteiger charge is 2.52. The summed E-state index contributed by atoms with van der Waals surface area (Å²) in [4.78, 5) is 37.7. The molecule has 0 aromatic heterocycles. The molecule has 1 saturated heterocycles. The number of hydrogen-bond donors (Lipinski definition) is 2. The second kappa shape index (κ2) is 7.66. The summed E-state index contributed by atoms with van der Waals surface area (Å²) < 4.78 is 0. The molecule has 1 aromatic carbocycles. The molecule has 1 aromatic rings. The molecular formula is C17H19Cl2N3O3S. The van der Waals surface area contributed by atoms with Gasteiger partial charge in [-0.25, -0.2) is 4.79 Å². The molecule has 1 aliphatic heterocycles. The number of thioether (sulfide) groups is 1. The van der Waals surface area contributed by atoms with Crippen molar-refractivity contribution >= 4 is 52.8 Å². The molecule has 1 spiro atoms. The molecule has 0 bridgehead atoms. The fourth-order valence-corrected chi connectivity index (χ4v) is 4.49. The highest BCUT2D eigenvalue weighted by molar-refractivity contribution is 8.00. The van der Waals surface area contributed by atoms with Crippen molar-refractivity contribution in [2.75, 3.05) is 5.75 Å².